The third kappa shape index (κ3) is 2.31. The van der Waals surface area contributed by atoms with Crippen molar-refractivity contribution in [2.45, 2.75) is 25.6 Å². The molecule has 2 aromatic rings. The van der Waals surface area contributed by atoms with Crippen LogP contribution in [0, 0.1) is 0 Å². The summed E-state index contributed by atoms with van der Waals surface area (Å²) in [7, 11) is 0. The van der Waals surface area contributed by atoms with Crippen molar-refractivity contribution in [2.75, 3.05) is 0 Å². The summed E-state index contributed by atoms with van der Waals surface area (Å²) >= 11 is 9.52. The lowest BCUT2D eigenvalue weighted by Gasteiger charge is -2.36. The highest BCUT2D eigenvalue weighted by molar-refractivity contribution is 9.10. The fraction of sp³-hybridized carbons (Fsp3) is 0.235. The van der Waals surface area contributed by atoms with Gasteiger partial charge in [0.15, 0.2) is 6.23 Å². The third-order valence-electron chi connectivity index (χ3n) is 4.12. The van der Waals surface area contributed by atoms with Crippen LogP contribution in [-0.4, -0.2) is 16.9 Å². The molecule has 2 heterocycles. The molecule has 3 nitrogen and oxygen atoms in total. The summed E-state index contributed by atoms with van der Waals surface area (Å²) in [6.45, 7) is 2.03. The van der Waals surface area contributed by atoms with Crippen LogP contribution in [0.4, 0.5) is 0 Å². The van der Waals surface area contributed by atoms with Crippen molar-refractivity contribution in [3.63, 3.8) is 0 Å². The van der Waals surface area contributed by atoms with E-state index >= 15 is 0 Å². The van der Waals surface area contributed by atoms with Gasteiger partial charge in [-0.05, 0) is 42.8 Å². The van der Waals surface area contributed by atoms with Crippen LogP contribution in [0.1, 0.15) is 30.5 Å². The largest absolute Gasteiger partial charge is 0.469 e. The molecule has 22 heavy (non-hydrogen) atoms. The van der Waals surface area contributed by atoms with E-state index in [9.17, 15) is 0 Å². The van der Waals surface area contributed by atoms with E-state index in [1.165, 1.54) is 5.56 Å². The number of ether oxygens (including phenoxy) is 1. The second-order valence-corrected chi connectivity index (χ2v) is 6.90. The zero-order chi connectivity index (χ0) is 15.3. The predicted octanol–water partition coefficient (Wildman–Crippen LogP) is 4.99. The number of hydrogen-bond donors (Lipinski definition) is 0. The van der Waals surface area contributed by atoms with Gasteiger partial charge in [0.2, 0.25) is 0 Å². The maximum absolute atomic E-state index is 5.98. The number of fused-ring (bicyclic) bond motifs is 3. The molecule has 5 heteroatoms. The molecule has 0 saturated carbocycles. The molecule has 112 valence electrons. The number of nitrogens with zero attached hydrogens (tertiary/aromatic N) is 2. The van der Waals surface area contributed by atoms with Gasteiger partial charge < -0.3 is 4.74 Å². The lowest BCUT2D eigenvalue weighted by atomic mass is 9.97. The van der Waals surface area contributed by atoms with Crippen LogP contribution in [0.2, 0.25) is 5.02 Å². The van der Waals surface area contributed by atoms with E-state index in [4.69, 9.17) is 21.4 Å². The zero-order valence-electron chi connectivity index (χ0n) is 12.0. The summed E-state index contributed by atoms with van der Waals surface area (Å²) in [6, 6.07) is 14.2. The molecule has 0 spiro atoms. The number of hydrogen-bond acceptors (Lipinski definition) is 3. The fourth-order valence-electron chi connectivity index (χ4n) is 3.06. The highest BCUT2D eigenvalue weighted by Crippen LogP contribution is 2.43. The monoisotopic (exact) mass is 376 g/mol. The van der Waals surface area contributed by atoms with Crippen molar-refractivity contribution in [1.82, 2.24) is 5.01 Å². The first-order chi connectivity index (χ1) is 10.6. The van der Waals surface area contributed by atoms with E-state index in [1.54, 1.807) is 0 Å². The Bertz CT molecular complexity index is 760. The molecular formula is C17H14BrClN2O. The highest BCUT2D eigenvalue weighted by Gasteiger charge is 2.38. The first-order valence-corrected chi connectivity index (χ1v) is 8.37. The van der Waals surface area contributed by atoms with E-state index in [2.05, 4.69) is 27.0 Å². The van der Waals surface area contributed by atoms with Crippen molar-refractivity contribution >= 4 is 33.2 Å². The van der Waals surface area contributed by atoms with Crippen LogP contribution >= 0.6 is 27.5 Å². The number of hydrazone groups is 1. The standard InChI is InChI=1S/C17H14BrClN2O/c1-10-21-16(14-8-12(18)4-7-17(14)22-10)9-15(20-21)11-2-5-13(19)6-3-11/h2-8,10,16H,9H2,1H3/t10-,16-/m0/s1. The van der Waals surface area contributed by atoms with E-state index in [1.807, 2.05) is 43.3 Å². The molecule has 0 aliphatic carbocycles. The van der Waals surface area contributed by atoms with Gasteiger partial charge in [0.05, 0.1) is 11.8 Å². The Kier molecular flexibility index (Phi) is 3.39. The molecule has 0 unspecified atom stereocenters. The third-order valence-corrected chi connectivity index (χ3v) is 4.87. The van der Waals surface area contributed by atoms with Crippen LogP contribution in [0.25, 0.3) is 0 Å². The normalized spacial score (nSPS) is 22.7. The SMILES string of the molecule is C[C@@H]1Oc2ccc(Br)cc2[C@@H]2CC(c3ccc(Cl)cc3)=NN12. The molecule has 4 rings (SSSR count). The minimum atomic E-state index is -0.0662. The van der Waals surface area contributed by atoms with Crippen molar-refractivity contribution in [1.29, 1.82) is 0 Å². The van der Waals surface area contributed by atoms with E-state index in [0.717, 1.165) is 32.9 Å². The van der Waals surface area contributed by atoms with Gasteiger partial charge in [-0.25, -0.2) is 0 Å². The second-order valence-electron chi connectivity index (χ2n) is 5.55. The van der Waals surface area contributed by atoms with E-state index in [-0.39, 0.29) is 12.3 Å². The van der Waals surface area contributed by atoms with Gasteiger partial charge in [0.25, 0.3) is 0 Å². The lowest BCUT2D eigenvalue weighted by Crippen LogP contribution is -2.37. The quantitative estimate of drug-likeness (QED) is 0.699. The molecular weight excluding hydrogens is 364 g/mol. The van der Waals surface area contributed by atoms with Gasteiger partial charge >= 0.3 is 0 Å². The predicted molar refractivity (Wildman–Crippen MR) is 91.4 cm³/mol. The Morgan fingerprint density at radius 2 is 2.00 bits per heavy atom. The average molecular weight is 378 g/mol. The van der Waals surface area contributed by atoms with Crippen molar-refractivity contribution in [2.24, 2.45) is 5.10 Å². The molecule has 0 bridgehead atoms. The number of benzene rings is 2. The molecule has 0 fully saturated rings. The average Bonchev–Trinajstić information content (AvgIpc) is 2.95. The molecule has 0 N–H and O–H groups in total. The van der Waals surface area contributed by atoms with Crippen molar-refractivity contribution in [3.8, 4) is 5.75 Å². The smallest absolute Gasteiger partial charge is 0.185 e. The van der Waals surface area contributed by atoms with Gasteiger partial charge in [-0.15, -0.1) is 0 Å². The fourth-order valence-corrected chi connectivity index (χ4v) is 3.56. The van der Waals surface area contributed by atoms with Gasteiger partial charge in [0.1, 0.15) is 5.75 Å². The zero-order valence-corrected chi connectivity index (χ0v) is 14.3. The molecule has 2 aliphatic rings. The molecule has 2 aromatic carbocycles. The highest BCUT2D eigenvalue weighted by atomic mass is 79.9. The molecule has 0 radical (unpaired) electrons. The molecule has 2 atom stereocenters. The summed E-state index contributed by atoms with van der Waals surface area (Å²) < 4.78 is 7.04. The van der Waals surface area contributed by atoms with E-state index in [0.29, 0.717) is 0 Å². The molecule has 0 amide bonds. The first-order valence-electron chi connectivity index (χ1n) is 7.20. The minimum absolute atomic E-state index is 0.0662. The van der Waals surface area contributed by atoms with Gasteiger partial charge in [-0.1, -0.05) is 39.7 Å². The van der Waals surface area contributed by atoms with Crippen LogP contribution in [-0.2, 0) is 0 Å². The Balaban J connectivity index is 1.72. The topological polar surface area (TPSA) is 24.8 Å². The molecule has 2 aliphatic heterocycles. The Labute approximate surface area is 142 Å². The van der Waals surface area contributed by atoms with Crippen molar-refractivity contribution in [3.05, 3.63) is 63.1 Å². The van der Waals surface area contributed by atoms with Crippen molar-refractivity contribution < 1.29 is 4.74 Å². The van der Waals surface area contributed by atoms with Gasteiger partial charge in [-0.3, -0.25) is 5.01 Å². The van der Waals surface area contributed by atoms with Crippen LogP contribution in [0.5, 0.6) is 5.75 Å². The molecule has 0 saturated heterocycles. The maximum Gasteiger partial charge on any atom is 0.185 e. The van der Waals surface area contributed by atoms with E-state index < -0.39 is 0 Å². The van der Waals surface area contributed by atoms with Crippen LogP contribution < -0.4 is 4.74 Å². The Morgan fingerprint density at radius 1 is 1.23 bits per heavy atom. The maximum atomic E-state index is 5.98. The minimum Gasteiger partial charge on any atom is -0.469 e. The van der Waals surface area contributed by atoms with Crippen LogP contribution in [0.15, 0.2) is 52.0 Å². The summed E-state index contributed by atoms with van der Waals surface area (Å²) in [5.74, 6) is 0.949. The number of halogens is 2. The Morgan fingerprint density at radius 3 is 2.77 bits per heavy atom. The first kappa shape index (κ1) is 14.1. The molecule has 0 aromatic heterocycles. The summed E-state index contributed by atoms with van der Waals surface area (Å²) in [6.07, 6.45) is 0.808. The lowest BCUT2D eigenvalue weighted by molar-refractivity contribution is -0.00339. The second kappa shape index (κ2) is 5.28. The van der Waals surface area contributed by atoms with Gasteiger partial charge in [0, 0.05) is 21.5 Å². The Hall–Kier alpha value is -1.52. The van der Waals surface area contributed by atoms with Crippen LogP contribution in [0.3, 0.4) is 0 Å². The summed E-state index contributed by atoms with van der Waals surface area (Å²) in [4.78, 5) is 0. The number of rotatable bonds is 1. The van der Waals surface area contributed by atoms with Gasteiger partial charge in [-0.2, -0.15) is 5.10 Å². The summed E-state index contributed by atoms with van der Waals surface area (Å²) in [5.41, 5.74) is 3.37. The summed E-state index contributed by atoms with van der Waals surface area (Å²) in [5, 5.41) is 7.58.